The topological polar surface area (TPSA) is 62.5 Å². The van der Waals surface area contributed by atoms with E-state index in [2.05, 4.69) is 39.3 Å². The maximum absolute atomic E-state index is 13.6. The molecule has 0 bridgehead atoms. The van der Waals surface area contributed by atoms with Gasteiger partial charge in [0.25, 0.3) is 0 Å². The first-order valence-corrected chi connectivity index (χ1v) is 12.3. The molecular formula is C29H29FN4O2. The first kappa shape index (κ1) is 23.9. The molecule has 7 heteroatoms. The predicted octanol–water partition coefficient (Wildman–Crippen LogP) is 5.32. The van der Waals surface area contributed by atoms with Crippen molar-refractivity contribution < 1.29 is 13.7 Å². The Morgan fingerprint density at radius 1 is 0.889 bits per heavy atom. The highest BCUT2D eigenvalue weighted by atomic mass is 19.1. The third kappa shape index (κ3) is 6.04. The summed E-state index contributed by atoms with van der Waals surface area (Å²) in [5.74, 6) is 0.872. The summed E-state index contributed by atoms with van der Waals surface area (Å²) in [7, 11) is 0. The zero-order valence-electron chi connectivity index (χ0n) is 20.1. The first-order chi connectivity index (χ1) is 17.6. The second-order valence-corrected chi connectivity index (χ2v) is 9.23. The van der Waals surface area contributed by atoms with Gasteiger partial charge in [-0.05, 0) is 61.3 Å². The number of hydrogen-bond donors (Lipinski definition) is 0. The smallest absolute Gasteiger partial charge is 0.241 e. The summed E-state index contributed by atoms with van der Waals surface area (Å²) < 4.78 is 18.6. The molecule has 1 fully saturated rings. The number of piperidine rings is 1. The lowest BCUT2D eigenvalue weighted by Crippen LogP contribution is -2.42. The molecule has 0 N–H and O–H groups in total. The number of benzene rings is 3. The van der Waals surface area contributed by atoms with E-state index in [0.717, 1.165) is 37.1 Å². The molecule has 0 spiro atoms. The van der Waals surface area contributed by atoms with E-state index in [9.17, 15) is 9.18 Å². The summed E-state index contributed by atoms with van der Waals surface area (Å²) in [5, 5.41) is 4.03. The number of rotatable bonds is 8. The number of halogens is 1. The first-order valence-electron chi connectivity index (χ1n) is 12.3. The Kier molecular flexibility index (Phi) is 7.47. The lowest BCUT2D eigenvalue weighted by Gasteiger charge is -2.34. The van der Waals surface area contributed by atoms with E-state index < -0.39 is 0 Å². The van der Waals surface area contributed by atoms with Gasteiger partial charge < -0.3 is 9.42 Å². The molecule has 1 amide bonds. The van der Waals surface area contributed by atoms with E-state index >= 15 is 0 Å². The SMILES string of the molecule is O=C(C1CCN(Cc2nc(-c3ccc(F)cc3)no2)CC1)N(Cc1ccccc1)Cc1ccccc1. The van der Waals surface area contributed by atoms with E-state index in [1.54, 1.807) is 12.1 Å². The van der Waals surface area contributed by atoms with Crippen LogP contribution in [0.3, 0.4) is 0 Å². The van der Waals surface area contributed by atoms with Gasteiger partial charge in [-0.2, -0.15) is 4.98 Å². The lowest BCUT2D eigenvalue weighted by molar-refractivity contribution is -0.138. The number of aromatic nitrogens is 2. The van der Waals surface area contributed by atoms with Gasteiger partial charge in [0.2, 0.25) is 17.6 Å². The fourth-order valence-electron chi connectivity index (χ4n) is 4.64. The van der Waals surface area contributed by atoms with Crippen LogP contribution in [-0.2, 0) is 24.4 Å². The van der Waals surface area contributed by atoms with Gasteiger partial charge in [0, 0.05) is 24.6 Å². The maximum atomic E-state index is 13.6. The highest BCUT2D eigenvalue weighted by Crippen LogP contribution is 2.24. The molecule has 1 saturated heterocycles. The van der Waals surface area contributed by atoms with Crippen molar-refractivity contribution in [1.29, 1.82) is 0 Å². The van der Waals surface area contributed by atoms with Crippen molar-refractivity contribution in [3.05, 3.63) is 108 Å². The van der Waals surface area contributed by atoms with Crippen LogP contribution in [0.4, 0.5) is 4.39 Å². The minimum atomic E-state index is -0.300. The molecule has 0 saturated carbocycles. The zero-order chi connectivity index (χ0) is 24.7. The highest BCUT2D eigenvalue weighted by Gasteiger charge is 2.29. The van der Waals surface area contributed by atoms with Crippen molar-refractivity contribution in [3.8, 4) is 11.4 Å². The van der Waals surface area contributed by atoms with E-state index in [4.69, 9.17) is 4.52 Å². The molecule has 184 valence electrons. The predicted molar refractivity (Wildman–Crippen MR) is 135 cm³/mol. The molecule has 0 unspecified atom stereocenters. The Morgan fingerprint density at radius 2 is 1.47 bits per heavy atom. The van der Waals surface area contributed by atoms with Crippen LogP contribution in [0.1, 0.15) is 29.9 Å². The molecule has 0 atom stereocenters. The Bertz CT molecular complexity index is 1210. The third-order valence-corrected chi connectivity index (χ3v) is 6.61. The number of amides is 1. The Balaban J connectivity index is 1.19. The van der Waals surface area contributed by atoms with Gasteiger partial charge in [-0.25, -0.2) is 4.39 Å². The minimum Gasteiger partial charge on any atom is -0.338 e. The molecule has 1 aromatic heterocycles. The average molecular weight is 485 g/mol. The van der Waals surface area contributed by atoms with Crippen molar-refractivity contribution in [2.24, 2.45) is 5.92 Å². The van der Waals surface area contributed by atoms with Crippen LogP contribution in [-0.4, -0.2) is 38.9 Å². The van der Waals surface area contributed by atoms with Crippen LogP contribution in [0.15, 0.2) is 89.5 Å². The molecular weight excluding hydrogens is 455 g/mol. The Hall–Kier alpha value is -3.84. The van der Waals surface area contributed by atoms with Crippen LogP contribution < -0.4 is 0 Å². The molecule has 0 aliphatic carbocycles. The normalized spacial score (nSPS) is 14.6. The second-order valence-electron chi connectivity index (χ2n) is 9.23. The molecule has 1 aliphatic rings. The lowest BCUT2D eigenvalue weighted by atomic mass is 9.94. The van der Waals surface area contributed by atoms with E-state index in [-0.39, 0.29) is 17.6 Å². The number of carbonyl (C=O) groups excluding carboxylic acids is 1. The van der Waals surface area contributed by atoms with Crippen LogP contribution in [0.25, 0.3) is 11.4 Å². The molecule has 3 aromatic carbocycles. The average Bonchev–Trinajstić information content (AvgIpc) is 3.38. The molecule has 36 heavy (non-hydrogen) atoms. The van der Waals surface area contributed by atoms with Crippen LogP contribution in [0, 0.1) is 11.7 Å². The molecule has 4 aromatic rings. The van der Waals surface area contributed by atoms with Gasteiger partial charge >= 0.3 is 0 Å². The van der Waals surface area contributed by atoms with Crippen LogP contribution in [0.2, 0.25) is 0 Å². The van der Waals surface area contributed by atoms with Gasteiger partial charge in [0.05, 0.1) is 6.54 Å². The van der Waals surface area contributed by atoms with Crippen LogP contribution in [0.5, 0.6) is 0 Å². The van der Waals surface area contributed by atoms with Gasteiger partial charge in [-0.15, -0.1) is 0 Å². The number of carbonyl (C=O) groups is 1. The molecule has 5 rings (SSSR count). The summed E-state index contributed by atoms with van der Waals surface area (Å²) in [4.78, 5) is 22.3. The van der Waals surface area contributed by atoms with Crippen molar-refractivity contribution in [2.45, 2.75) is 32.5 Å². The standard InChI is InChI=1S/C29H29FN4O2/c30-26-13-11-24(12-14-26)28-31-27(36-32-28)21-33-17-15-25(16-18-33)29(35)34(19-22-7-3-1-4-8-22)20-23-9-5-2-6-10-23/h1-14,25H,15-21H2. The van der Waals surface area contributed by atoms with Gasteiger partial charge in [0.1, 0.15) is 5.82 Å². The fraction of sp³-hybridized carbons (Fsp3) is 0.276. The minimum absolute atomic E-state index is 0.00821. The second kappa shape index (κ2) is 11.3. The monoisotopic (exact) mass is 484 g/mol. The largest absolute Gasteiger partial charge is 0.338 e. The molecule has 2 heterocycles. The van der Waals surface area contributed by atoms with E-state index in [1.807, 2.05) is 41.3 Å². The van der Waals surface area contributed by atoms with Gasteiger partial charge in [0.15, 0.2) is 0 Å². The molecule has 0 radical (unpaired) electrons. The Morgan fingerprint density at radius 3 is 2.06 bits per heavy atom. The van der Waals surface area contributed by atoms with Crippen molar-refractivity contribution >= 4 is 5.91 Å². The summed E-state index contributed by atoms with van der Waals surface area (Å²) in [6, 6.07) is 26.3. The third-order valence-electron chi connectivity index (χ3n) is 6.61. The van der Waals surface area contributed by atoms with Crippen molar-refractivity contribution in [2.75, 3.05) is 13.1 Å². The Labute approximate surface area is 210 Å². The van der Waals surface area contributed by atoms with E-state index in [0.29, 0.717) is 36.9 Å². The summed E-state index contributed by atoms with van der Waals surface area (Å²) in [6.07, 6.45) is 1.58. The number of hydrogen-bond acceptors (Lipinski definition) is 5. The van der Waals surface area contributed by atoms with Crippen molar-refractivity contribution in [3.63, 3.8) is 0 Å². The highest BCUT2D eigenvalue weighted by molar-refractivity contribution is 5.79. The number of likely N-dealkylation sites (tertiary alicyclic amines) is 1. The zero-order valence-corrected chi connectivity index (χ0v) is 20.1. The van der Waals surface area contributed by atoms with Crippen molar-refractivity contribution in [1.82, 2.24) is 19.9 Å². The summed E-state index contributed by atoms with van der Waals surface area (Å²) in [5.41, 5.74) is 2.98. The maximum Gasteiger partial charge on any atom is 0.241 e. The van der Waals surface area contributed by atoms with E-state index in [1.165, 1.54) is 12.1 Å². The van der Waals surface area contributed by atoms with Gasteiger partial charge in [-0.3, -0.25) is 9.69 Å². The summed E-state index contributed by atoms with van der Waals surface area (Å²) in [6.45, 7) is 3.31. The molecule has 6 nitrogen and oxygen atoms in total. The summed E-state index contributed by atoms with van der Waals surface area (Å²) >= 11 is 0. The quantitative estimate of drug-likeness (QED) is 0.339. The number of nitrogens with zero attached hydrogens (tertiary/aromatic N) is 4. The fourth-order valence-corrected chi connectivity index (χ4v) is 4.64. The van der Waals surface area contributed by atoms with Crippen LogP contribution >= 0.6 is 0 Å². The van der Waals surface area contributed by atoms with Gasteiger partial charge in [-0.1, -0.05) is 65.8 Å². The molecule has 1 aliphatic heterocycles.